The van der Waals surface area contributed by atoms with Crippen molar-refractivity contribution in [3.8, 4) is 5.75 Å². The number of hydrogen-bond acceptors (Lipinski definition) is 3. The molecule has 3 atom stereocenters. The van der Waals surface area contributed by atoms with E-state index in [1.54, 1.807) is 13.2 Å². The van der Waals surface area contributed by atoms with E-state index in [0.717, 1.165) is 19.3 Å². The SMILES string of the molecule is COc1ccccc1C(=O)NCC1(c2ccccc2)CC[C@@H]2O[C@@H]2C1. The Morgan fingerprint density at radius 1 is 1.16 bits per heavy atom. The van der Waals surface area contributed by atoms with Crippen molar-refractivity contribution in [2.45, 2.75) is 36.9 Å². The summed E-state index contributed by atoms with van der Waals surface area (Å²) in [6, 6.07) is 17.8. The number of carbonyl (C=O) groups is 1. The van der Waals surface area contributed by atoms with Crippen LogP contribution >= 0.6 is 0 Å². The molecule has 1 N–H and O–H groups in total. The minimum Gasteiger partial charge on any atom is -0.496 e. The first-order chi connectivity index (χ1) is 12.2. The predicted molar refractivity (Wildman–Crippen MR) is 96.0 cm³/mol. The summed E-state index contributed by atoms with van der Waals surface area (Å²) < 4.78 is 11.1. The highest BCUT2D eigenvalue weighted by molar-refractivity contribution is 5.96. The number of carbonyl (C=O) groups excluding carboxylic acids is 1. The van der Waals surface area contributed by atoms with Crippen LogP contribution in [0.1, 0.15) is 35.2 Å². The van der Waals surface area contributed by atoms with Gasteiger partial charge in [-0.2, -0.15) is 0 Å². The lowest BCUT2D eigenvalue weighted by Crippen LogP contribution is -2.44. The van der Waals surface area contributed by atoms with E-state index < -0.39 is 0 Å². The summed E-state index contributed by atoms with van der Waals surface area (Å²) in [4.78, 5) is 12.7. The van der Waals surface area contributed by atoms with Crippen molar-refractivity contribution in [2.75, 3.05) is 13.7 Å². The van der Waals surface area contributed by atoms with Crippen molar-refractivity contribution in [1.82, 2.24) is 5.32 Å². The minimum atomic E-state index is -0.0911. The van der Waals surface area contributed by atoms with Crippen LogP contribution in [0.15, 0.2) is 54.6 Å². The summed E-state index contributed by atoms with van der Waals surface area (Å²) in [6.07, 6.45) is 3.83. The van der Waals surface area contributed by atoms with Gasteiger partial charge in [-0.15, -0.1) is 0 Å². The first kappa shape index (κ1) is 16.2. The van der Waals surface area contributed by atoms with E-state index in [4.69, 9.17) is 9.47 Å². The molecule has 0 bridgehead atoms. The summed E-state index contributed by atoms with van der Waals surface area (Å²) in [6.45, 7) is 0.612. The molecule has 2 aliphatic rings. The molecule has 2 aromatic rings. The molecule has 4 heteroatoms. The zero-order valence-corrected chi connectivity index (χ0v) is 14.4. The highest BCUT2D eigenvalue weighted by Gasteiger charge is 2.51. The normalized spacial score (nSPS) is 27.2. The number of fused-ring (bicyclic) bond motifs is 1. The lowest BCUT2D eigenvalue weighted by atomic mass is 9.69. The molecule has 1 aliphatic carbocycles. The standard InChI is InChI=1S/C21H23NO3/c1-24-17-10-6-5-9-16(17)20(23)22-14-21(15-7-3-2-4-8-15)12-11-18-19(13-21)25-18/h2-10,18-19H,11-14H2,1H3,(H,22,23)/t18-,19+,21?/m0/s1. The molecule has 4 rings (SSSR count). The van der Waals surface area contributed by atoms with Gasteiger partial charge in [0, 0.05) is 12.0 Å². The Hall–Kier alpha value is -2.33. The van der Waals surface area contributed by atoms with Crippen LogP contribution in [0.2, 0.25) is 0 Å². The Morgan fingerprint density at radius 3 is 2.68 bits per heavy atom. The van der Waals surface area contributed by atoms with Crippen molar-refractivity contribution in [3.05, 3.63) is 65.7 Å². The summed E-state index contributed by atoms with van der Waals surface area (Å²) in [5.41, 5.74) is 1.80. The molecule has 0 radical (unpaired) electrons. The van der Waals surface area contributed by atoms with Crippen molar-refractivity contribution >= 4 is 5.91 Å². The highest BCUT2D eigenvalue weighted by atomic mass is 16.6. The average molecular weight is 337 g/mol. The summed E-state index contributed by atoms with van der Waals surface area (Å²) >= 11 is 0. The molecule has 130 valence electrons. The topological polar surface area (TPSA) is 50.9 Å². The van der Waals surface area contributed by atoms with Gasteiger partial charge in [-0.25, -0.2) is 0 Å². The van der Waals surface area contributed by atoms with E-state index in [9.17, 15) is 4.79 Å². The van der Waals surface area contributed by atoms with E-state index >= 15 is 0 Å². The van der Waals surface area contributed by atoms with Crippen LogP contribution in [-0.4, -0.2) is 31.8 Å². The zero-order valence-electron chi connectivity index (χ0n) is 14.4. The third kappa shape index (κ3) is 3.14. The fourth-order valence-electron chi connectivity index (χ4n) is 4.01. The van der Waals surface area contributed by atoms with Crippen molar-refractivity contribution in [3.63, 3.8) is 0 Å². The smallest absolute Gasteiger partial charge is 0.255 e. The molecule has 2 fully saturated rings. The Kier molecular flexibility index (Phi) is 4.22. The second-order valence-electron chi connectivity index (χ2n) is 6.99. The molecule has 4 nitrogen and oxygen atoms in total. The van der Waals surface area contributed by atoms with Gasteiger partial charge in [0.15, 0.2) is 0 Å². The van der Waals surface area contributed by atoms with Crippen molar-refractivity contribution in [2.24, 2.45) is 0 Å². The molecule has 1 amide bonds. The van der Waals surface area contributed by atoms with Gasteiger partial charge in [-0.3, -0.25) is 4.79 Å². The van der Waals surface area contributed by atoms with E-state index in [0.29, 0.717) is 30.1 Å². The Morgan fingerprint density at radius 2 is 1.92 bits per heavy atom. The molecule has 1 saturated heterocycles. The molecular formula is C21H23NO3. The van der Waals surface area contributed by atoms with Crippen molar-refractivity contribution < 1.29 is 14.3 Å². The molecule has 1 saturated carbocycles. The molecule has 25 heavy (non-hydrogen) atoms. The molecule has 2 aromatic carbocycles. The number of hydrogen-bond donors (Lipinski definition) is 1. The van der Waals surface area contributed by atoms with E-state index in [1.165, 1.54) is 5.56 Å². The molecule has 1 aliphatic heterocycles. The maximum absolute atomic E-state index is 12.7. The zero-order chi connectivity index (χ0) is 17.3. The van der Waals surface area contributed by atoms with Gasteiger partial charge in [0.05, 0.1) is 24.9 Å². The fraction of sp³-hybridized carbons (Fsp3) is 0.381. The van der Waals surface area contributed by atoms with Gasteiger partial charge < -0.3 is 14.8 Å². The summed E-state index contributed by atoms with van der Waals surface area (Å²) in [7, 11) is 1.59. The van der Waals surface area contributed by atoms with Crippen LogP contribution in [-0.2, 0) is 10.2 Å². The molecular weight excluding hydrogens is 314 g/mol. The summed E-state index contributed by atoms with van der Waals surface area (Å²) in [5, 5.41) is 3.15. The maximum Gasteiger partial charge on any atom is 0.255 e. The largest absolute Gasteiger partial charge is 0.496 e. The number of para-hydroxylation sites is 1. The van der Waals surface area contributed by atoms with Crippen LogP contribution in [0, 0.1) is 0 Å². The number of benzene rings is 2. The quantitative estimate of drug-likeness (QED) is 0.852. The number of methoxy groups -OCH3 is 1. The monoisotopic (exact) mass is 337 g/mol. The predicted octanol–water partition coefficient (Wildman–Crippen LogP) is 3.31. The van der Waals surface area contributed by atoms with Crippen molar-refractivity contribution in [1.29, 1.82) is 0 Å². The van der Waals surface area contributed by atoms with E-state index in [2.05, 4.69) is 29.6 Å². The lowest BCUT2D eigenvalue weighted by molar-refractivity contribution is 0.0935. The Bertz CT molecular complexity index is 761. The summed E-state index contributed by atoms with van der Waals surface area (Å²) in [5.74, 6) is 0.509. The van der Waals surface area contributed by atoms with Gasteiger partial charge in [0.2, 0.25) is 0 Å². The van der Waals surface area contributed by atoms with Crippen LogP contribution < -0.4 is 10.1 Å². The molecule has 0 aromatic heterocycles. The molecule has 0 spiro atoms. The highest BCUT2D eigenvalue weighted by Crippen LogP contribution is 2.47. The number of nitrogens with one attached hydrogen (secondary N) is 1. The average Bonchev–Trinajstić information content (AvgIpc) is 3.45. The van der Waals surface area contributed by atoms with Crippen LogP contribution in [0.4, 0.5) is 0 Å². The minimum absolute atomic E-state index is 0.0589. The number of epoxide rings is 1. The van der Waals surface area contributed by atoms with Crippen LogP contribution in [0.5, 0.6) is 5.75 Å². The number of amides is 1. The van der Waals surface area contributed by atoms with Gasteiger partial charge in [0.25, 0.3) is 5.91 Å². The Labute approximate surface area is 148 Å². The fourth-order valence-corrected chi connectivity index (χ4v) is 4.01. The second-order valence-corrected chi connectivity index (χ2v) is 6.99. The van der Waals surface area contributed by atoms with E-state index in [-0.39, 0.29) is 11.3 Å². The number of ether oxygens (including phenoxy) is 2. The van der Waals surface area contributed by atoms with Crippen LogP contribution in [0.25, 0.3) is 0 Å². The molecule has 1 heterocycles. The van der Waals surface area contributed by atoms with E-state index in [1.807, 2.05) is 24.3 Å². The van der Waals surface area contributed by atoms with Gasteiger partial charge in [0.1, 0.15) is 5.75 Å². The Balaban J connectivity index is 1.54. The maximum atomic E-state index is 12.7. The first-order valence-electron chi connectivity index (χ1n) is 8.84. The van der Waals surface area contributed by atoms with Gasteiger partial charge in [-0.05, 0) is 37.0 Å². The second kappa shape index (κ2) is 6.52. The van der Waals surface area contributed by atoms with Gasteiger partial charge in [-0.1, -0.05) is 42.5 Å². The lowest BCUT2D eigenvalue weighted by Gasteiger charge is -2.36. The third-order valence-electron chi connectivity index (χ3n) is 5.51. The van der Waals surface area contributed by atoms with Gasteiger partial charge >= 0.3 is 0 Å². The first-order valence-corrected chi connectivity index (χ1v) is 8.84. The van der Waals surface area contributed by atoms with Crippen LogP contribution in [0.3, 0.4) is 0 Å². The number of rotatable bonds is 5. The third-order valence-corrected chi connectivity index (χ3v) is 5.51. The molecule has 1 unspecified atom stereocenters.